The molecule has 0 heterocycles. The Balaban J connectivity index is 4.10. The molecule has 92 valence electrons. The van der Waals surface area contributed by atoms with Gasteiger partial charge >= 0.3 is 0 Å². The van der Waals surface area contributed by atoms with Gasteiger partial charge in [-0.3, -0.25) is 0 Å². The van der Waals surface area contributed by atoms with Crippen LogP contribution in [0.25, 0.3) is 0 Å². The zero-order valence-electron chi connectivity index (χ0n) is 11.2. The second-order valence-corrected chi connectivity index (χ2v) is 4.64. The van der Waals surface area contributed by atoms with Gasteiger partial charge in [0.2, 0.25) is 0 Å². The van der Waals surface area contributed by atoms with Crippen LogP contribution < -0.4 is 5.32 Å². The number of hydrogen-bond acceptors (Lipinski definition) is 2. The lowest BCUT2D eigenvalue weighted by atomic mass is 9.93. The van der Waals surface area contributed by atoms with Crippen LogP contribution >= 0.6 is 0 Å². The van der Waals surface area contributed by atoms with Crippen molar-refractivity contribution in [2.24, 2.45) is 0 Å². The van der Waals surface area contributed by atoms with E-state index < -0.39 is 0 Å². The summed E-state index contributed by atoms with van der Waals surface area (Å²) in [4.78, 5) is 0. The maximum Gasteiger partial charge on any atom is 0.0778 e. The predicted octanol–water partition coefficient (Wildman–Crippen LogP) is 3.36. The average molecular weight is 215 g/mol. The third kappa shape index (κ3) is 6.16. The van der Waals surface area contributed by atoms with Gasteiger partial charge in [0, 0.05) is 12.6 Å². The molecule has 0 aromatic heterocycles. The van der Waals surface area contributed by atoms with Crippen molar-refractivity contribution in [3.8, 4) is 0 Å². The molecule has 0 saturated heterocycles. The van der Waals surface area contributed by atoms with Gasteiger partial charge in [0.25, 0.3) is 0 Å². The number of rotatable bonds is 9. The van der Waals surface area contributed by atoms with Gasteiger partial charge in [-0.15, -0.1) is 0 Å². The summed E-state index contributed by atoms with van der Waals surface area (Å²) in [5.74, 6) is 0. The third-order valence-corrected chi connectivity index (χ3v) is 2.90. The largest absolute Gasteiger partial charge is 0.374 e. The Hall–Kier alpha value is -0.0800. The Morgan fingerprint density at radius 3 is 2.27 bits per heavy atom. The summed E-state index contributed by atoms with van der Waals surface area (Å²) < 4.78 is 5.81. The number of likely N-dealkylation sites (N-methyl/N-ethyl adjacent to an activating group) is 1. The molecule has 15 heavy (non-hydrogen) atoms. The van der Waals surface area contributed by atoms with Crippen molar-refractivity contribution >= 4 is 0 Å². The molecule has 0 spiro atoms. The van der Waals surface area contributed by atoms with Gasteiger partial charge in [-0.25, -0.2) is 0 Å². The maximum absolute atomic E-state index is 5.81. The van der Waals surface area contributed by atoms with Crippen LogP contribution in [-0.4, -0.2) is 24.8 Å². The number of ether oxygens (including phenoxy) is 1. The van der Waals surface area contributed by atoms with Crippen LogP contribution in [0.4, 0.5) is 0 Å². The summed E-state index contributed by atoms with van der Waals surface area (Å²) in [6.07, 6.45) is 5.12. The van der Waals surface area contributed by atoms with Crippen molar-refractivity contribution in [2.75, 3.05) is 13.2 Å². The highest BCUT2D eigenvalue weighted by Crippen LogP contribution is 2.20. The SMILES string of the molecule is CCCCCC(NCC)C(C)(C)OCC. The highest BCUT2D eigenvalue weighted by atomic mass is 16.5. The predicted molar refractivity (Wildman–Crippen MR) is 67.3 cm³/mol. The molecule has 0 aliphatic carbocycles. The lowest BCUT2D eigenvalue weighted by Gasteiger charge is -2.35. The molecule has 0 aliphatic rings. The second-order valence-electron chi connectivity index (χ2n) is 4.64. The zero-order valence-corrected chi connectivity index (χ0v) is 11.2. The molecule has 0 bridgehead atoms. The quantitative estimate of drug-likeness (QED) is 0.595. The molecule has 0 aliphatic heterocycles. The highest BCUT2D eigenvalue weighted by Gasteiger charge is 2.28. The number of hydrogen-bond donors (Lipinski definition) is 1. The van der Waals surface area contributed by atoms with E-state index in [4.69, 9.17) is 4.74 Å². The standard InChI is InChI=1S/C13H29NO/c1-6-9-10-11-12(14-7-2)13(4,5)15-8-3/h12,14H,6-11H2,1-5H3. The fourth-order valence-electron chi connectivity index (χ4n) is 2.01. The van der Waals surface area contributed by atoms with E-state index in [1.807, 2.05) is 0 Å². The highest BCUT2D eigenvalue weighted by molar-refractivity contribution is 4.85. The van der Waals surface area contributed by atoms with Gasteiger partial charge in [-0.05, 0) is 33.7 Å². The normalized spacial score (nSPS) is 14.2. The van der Waals surface area contributed by atoms with Crippen LogP contribution in [0.2, 0.25) is 0 Å². The molecule has 0 rings (SSSR count). The van der Waals surface area contributed by atoms with Gasteiger partial charge in [0.05, 0.1) is 5.60 Å². The minimum atomic E-state index is -0.0432. The van der Waals surface area contributed by atoms with Gasteiger partial charge < -0.3 is 10.1 Å². The lowest BCUT2D eigenvalue weighted by molar-refractivity contribution is -0.0402. The second kappa shape index (κ2) is 8.12. The zero-order chi connectivity index (χ0) is 11.7. The van der Waals surface area contributed by atoms with Crippen molar-refractivity contribution in [1.82, 2.24) is 5.32 Å². The smallest absolute Gasteiger partial charge is 0.0778 e. The van der Waals surface area contributed by atoms with Crippen LogP contribution in [0.15, 0.2) is 0 Å². The fourth-order valence-corrected chi connectivity index (χ4v) is 2.01. The first kappa shape index (κ1) is 14.9. The lowest BCUT2D eigenvalue weighted by Crippen LogP contribution is -2.48. The van der Waals surface area contributed by atoms with Crippen molar-refractivity contribution in [2.45, 2.75) is 71.9 Å². The van der Waals surface area contributed by atoms with E-state index in [-0.39, 0.29) is 5.60 Å². The molecule has 1 unspecified atom stereocenters. The van der Waals surface area contributed by atoms with E-state index in [0.29, 0.717) is 6.04 Å². The van der Waals surface area contributed by atoms with E-state index in [9.17, 15) is 0 Å². The van der Waals surface area contributed by atoms with Crippen molar-refractivity contribution in [1.29, 1.82) is 0 Å². The summed E-state index contributed by atoms with van der Waals surface area (Å²) in [6, 6.07) is 0.481. The molecular formula is C13H29NO. The third-order valence-electron chi connectivity index (χ3n) is 2.90. The minimum absolute atomic E-state index is 0.0432. The van der Waals surface area contributed by atoms with E-state index >= 15 is 0 Å². The molecule has 0 fully saturated rings. The van der Waals surface area contributed by atoms with Crippen LogP contribution in [0.1, 0.15) is 60.3 Å². The molecule has 0 amide bonds. The summed E-state index contributed by atoms with van der Waals surface area (Å²) in [6.45, 7) is 12.7. The van der Waals surface area contributed by atoms with Crippen LogP contribution in [0.5, 0.6) is 0 Å². The van der Waals surface area contributed by atoms with Crippen molar-refractivity contribution in [3.05, 3.63) is 0 Å². The van der Waals surface area contributed by atoms with E-state index in [2.05, 4.69) is 39.9 Å². The molecule has 0 radical (unpaired) electrons. The van der Waals surface area contributed by atoms with Gasteiger partial charge in [0.15, 0.2) is 0 Å². The van der Waals surface area contributed by atoms with E-state index in [0.717, 1.165) is 13.2 Å². The first-order valence-corrected chi connectivity index (χ1v) is 6.45. The van der Waals surface area contributed by atoms with Crippen LogP contribution in [0, 0.1) is 0 Å². The first-order valence-electron chi connectivity index (χ1n) is 6.45. The molecule has 0 saturated carbocycles. The number of nitrogens with one attached hydrogen (secondary N) is 1. The minimum Gasteiger partial charge on any atom is -0.374 e. The molecule has 2 nitrogen and oxygen atoms in total. The van der Waals surface area contributed by atoms with Crippen molar-refractivity contribution in [3.63, 3.8) is 0 Å². The monoisotopic (exact) mass is 215 g/mol. The van der Waals surface area contributed by atoms with Crippen LogP contribution in [-0.2, 0) is 4.74 Å². The average Bonchev–Trinajstić information content (AvgIpc) is 2.16. The van der Waals surface area contributed by atoms with Gasteiger partial charge in [0.1, 0.15) is 0 Å². The Kier molecular flexibility index (Phi) is 8.07. The van der Waals surface area contributed by atoms with Crippen LogP contribution in [0.3, 0.4) is 0 Å². The topological polar surface area (TPSA) is 21.3 Å². The Morgan fingerprint density at radius 2 is 1.80 bits per heavy atom. The maximum atomic E-state index is 5.81. The molecule has 0 aromatic carbocycles. The molecule has 1 atom stereocenters. The van der Waals surface area contributed by atoms with Gasteiger partial charge in [-0.2, -0.15) is 0 Å². The molecule has 1 N–H and O–H groups in total. The molecule has 2 heteroatoms. The fraction of sp³-hybridized carbons (Fsp3) is 1.00. The summed E-state index contributed by atoms with van der Waals surface area (Å²) >= 11 is 0. The Morgan fingerprint density at radius 1 is 1.13 bits per heavy atom. The first-order chi connectivity index (χ1) is 7.08. The number of unbranched alkanes of at least 4 members (excludes halogenated alkanes) is 2. The summed E-state index contributed by atoms with van der Waals surface area (Å²) in [5, 5.41) is 3.54. The van der Waals surface area contributed by atoms with Crippen molar-refractivity contribution < 1.29 is 4.74 Å². The Bertz CT molecular complexity index is 145. The molecule has 0 aromatic rings. The molecular weight excluding hydrogens is 186 g/mol. The van der Waals surface area contributed by atoms with E-state index in [1.54, 1.807) is 0 Å². The van der Waals surface area contributed by atoms with E-state index in [1.165, 1.54) is 25.7 Å². The van der Waals surface area contributed by atoms with Gasteiger partial charge in [-0.1, -0.05) is 33.1 Å². The summed E-state index contributed by atoms with van der Waals surface area (Å²) in [5.41, 5.74) is -0.0432. The summed E-state index contributed by atoms with van der Waals surface area (Å²) in [7, 11) is 0. The Labute approximate surface area is 95.8 Å².